The molecule has 0 aliphatic rings. The van der Waals surface area contributed by atoms with Crippen LogP contribution in [0.25, 0.3) is 0 Å². The van der Waals surface area contributed by atoms with E-state index in [2.05, 4.69) is 15.0 Å². The second kappa shape index (κ2) is 5.55. The number of rotatable bonds is 3. The third kappa shape index (κ3) is 3.80. The zero-order valence-electron chi connectivity index (χ0n) is 11.5. The van der Waals surface area contributed by atoms with E-state index in [4.69, 9.17) is 5.73 Å². The summed E-state index contributed by atoms with van der Waals surface area (Å²) >= 11 is 0. The number of nitrogens with two attached hydrogens (primary N) is 1. The summed E-state index contributed by atoms with van der Waals surface area (Å²) in [5, 5.41) is 0. The Labute approximate surface area is 119 Å². The van der Waals surface area contributed by atoms with Crippen LogP contribution in [0.15, 0.2) is 24.3 Å². The molecular weight excluding hydrogens is 283 g/mol. The van der Waals surface area contributed by atoms with E-state index in [9.17, 15) is 13.2 Å². The lowest BCUT2D eigenvalue weighted by Gasteiger charge is -2.19. The fourth-order valence-electron chi connectivity index (χ4n) is 1.80. The minimum atomic E-state index is -4.56. The van der Waals surface area contributed by atoms with Crippen LogP contribution in [0.1, 0.15) is 17.1 Å². The van der Waals surface area contributed by atoms with Gasteiger partial charge in [-0.05, 0) is 19.1 Å². The van der Waals surface area contributed by atoms with Gasteiger partial charge in [-0.15, -0.1) is 0 Å². The molecule has 0 radical (unpaired) electrons. The largest absolute Gasteiger partial charge is 0.433 e. The fraction of sp³-hybridized carbons (Fsp3) is 0.308. The van der Waals surface area contributed by atoms with Crippen molar-refractivity contribution in [2.24, 2.45) is 0 Å². The normalized spacial score (nSPS) is 11.5. The number of anilines is 2. The molecule has 0 amide bonds. The van der Waals surface area contributed by atoms with E-state index >= 15 is 0 Å². The van der Waals surface area contributed by atoms with Crippen LogP contribution in [0.4, 0.5) is 24.9 Å². The van der Waals surface area contributed by atoms with Gasteiger partial charge in [-0.3, -0.25) is 4.98 Å². The lowest BCUT2D eigenvalue weighted by Crippen LogP contribution is -2.21. The second-order valence-electron chi connectivity index (χ2n) is 4.59. The topological polar surface area (TPSA) is 67.9 Å². The molecule has 0 fully saturated rings. The van der Waals surface area contributed by atoms with Crippen molar-refractivity contribution in [3.05, 3.63) is 41.3 Å². The predicted molar refractivity (Wildman–Crippen MR) is 72.5 cm³/mol. The molecule has 21 heavy (non-hydrogen) atoms. The lowest BCUT2D eigenvalue weighted by atomic mass is 10.3. The third-order valence-corrected chi connectivity index (χ3v) is 2.76. The van der Waals surface area contributed by atoms with Crippen LogP contribution in [-0.2, 0) is 12.7 Å². The minimum Gasteiger partial charge on any atom is -0.368 e. The predicted octanol–water partition coefficient (Wildman–Crippen LogP) is 2.42. The number of nitrogens with zero attached hydrogens (tertiary/aromatic N) is 4. The van der Waals surface area contributed by atoms with Gasteiger partial charge in [0.2, 0.25) is 5.95 Å². The standard InChI is InChI=1S/C13H14F3N5/c1-8-4-3-5-9(18-8)7-21(2)11-6-10(13(14,15)16)19-12(17)20-11/h3-6H,7H2,1-2H3,(H2,17,19,20). The Kier molecular flexibility index (Phi) is 3.97. The molecule has 0 saturated heterocycles. The van der Waals surface area contributed by atoms with E-state index in [0.717, 1.165) is 17.5 Å². The van der Waals surface area contributed by atoms with Gasteiger partial charge < -0.3 is 10.6 Å². The molecule has 5 nitrogen and oxygen atoms in total. The van der Waals surface area contributed by atoms with Crippen molar-refractivity contribution in [3.8, 4) is 0 Å². The molecule has 0 atom stereocenters. The Morgan fingerprint density at radius 2 is 1.90 bits per heavy atom. The molecule has 0 saturated carbocycles. The van der Waals surface area contributed by atoms with Crippen molar-refractivity contribution in [3.63, 3.8) is 0 Å². The summed E-state index contributed by atoms with van der Waals surface area (Å²) in [5.74, 6) is -0.318. The third-order valence-electron chi connectivity index (χ3n) is 2.76. The summed E-state index contributed by atoms with van der Waals surface area (Å²) in [4.78, 5) is 12.9. The zero-order valence-corrected chi connectivity index (χ0v) is 11.5. The van der Waals surface area contributed by atoms with Crippen molar-refractivity contribution in [1.82, 2.24) is 15.0 Å². The Morgan fingerprint density at radius 3 is 2.52 bits per heavy atom. The number of halogens is 3. The fourth-order valence-corrected chi connectivity index (χ4v) is 1.80. The molecule has 0 aromatic carbocycles. The molecule has 2 heterocycles. The maximum absolute atomic E-state index is 12.7. The molecule has 2 N–H and O–H groups in total. The first-order valence-electron chi connectivity index (χ1n) is 6.11. The minimum absolute atomic E-state index is 0.0955. The molecule has 8 heteroatoms. The van der Waals surface area contributed by atoms with E-state index in [1.54, 1.807) is 13.1 Å². The first-order chi connectivity index (χ1) is 9.75. The molecule has 0 aliphatic heterocycles. The van der Waals surface area contributed by atoms with Gasteiger partial charge in [0.1, 0.15) is 5.82 Å². The van der Waals surface area contributed by atoms with Gasteiger partial charge in [0.05, 0.1) is 12.2 Å². The van der Waals surface area contributed by atoms with E-state index in [1.165, 1.54) is 4.90 Å². The number of alkyl halides is 3. The smallest absolute Gasteiger partial charge is 0.368 e. The van der Waals surface area contributed by atoms with Crippen LogP contribution in [0.5, 0.6) is 0 Å². The second-order valence-corrected chi connectivity index (χ2v) is 4.59. The zero-order chi connectivity index (χ0) is 15.6. The van der Waals surface area contributed by atoms with Gasteiger partial charge in [-0.2, -0.15) is 18.2 Å². The number of nitrogen functional groups attached to an aromatic ring is 1. The molecular formula is C13H14F3N5. The van der Waals surface area contributed by atoms with Gasteiger partial charge >= 0.3 is 6.18 Å². The molecule has 2 aromatic heterocycles. The van der Waals surface area contributed by atoms with Crippen LogP contribution in [0.2, 0.25) is 0 Å². The molecule has 2 rings (SSSR count). The number of aryl methyl sites for hydroxylation is 1. The Morgan fingerprint density at radius 1 is 1.19 bits per heavy atom. The summed E-state index contributed by atoms with van der Waals surface area (Å²) in [6.07, 6.45) is -4.56. The number of hydrogen-bond acceptors (Lipinski definition) is 5. The maximum Gasteiger partial charge on any atom is 0.433 e. The van der Waals surface area contributed by atoms with Gasteiger partial charge in [0.25, 0.3) is 0 Å². The van der Waals surface area contributed by atoms with Gasteiger partial charge in [-0.25, -0.2) is 4.98 Å². The Hall–Kier alpha value is -2.38. The van der Waals surface area contributed by atoms with Crippen LogP contribution in [0, 0.1) is 6.92 Å². The average molecular weight is 297 g/mol. The highest BCUT2D eigenvalue weighted by atomic mass is 19.4. The molecule has 2 aromatic rings. The maximum atomic E-state index is 12.7. The summed E-state index contributed by atoms with van der Waals surface area (Å²) in [6, 6.07) is 6.33. The van der Waals surface area contributed by atoms with Crippen molar-refractivity contribution >= 4 is 11.8 Å². The highest BCUT2D eigenvalue weighted by molar-refractivity contribution is 5.43. The van der Waals surface area contributed by atoms with Crippen LogP contribution < -0.4 is 10.6 Å². The quantitative estimate of drug-likeness (QED) is 0.942. The SMILES string of the molecule is Cc1cccc(CN(C)c2cc(C(F)(F)F)nc(N)n2)n1. The number of hydrogen-bond donors (Lipinski definition) is 1. The number of pyridine rings is 1. The highest BCUT2D eigenvalue weighted by Crippen LogP contribution is 2.30. The van der Waals surface area contributed by atoms with Crippen LogP contribution in [0.3, 0.4) is 0 Å². The molecule has 0 unspecified atom stereocenters. The summed E-state index contributed by atoms with van der Waals surface area (Å²) in [6.45, 7) is 2.16. The van der Waals surface area contributed by atoms with E-state index in [0.29, 0.717) is 6.54 Å². The Bertz CT molecular complexity index is 642. The van der Waals surface area contributed by atoms with Crippen LogP contribution in [-0.4, -0.2) is 22.0 Å². The van der Waals surface area contributed by atoms with Crippen molar-refractivity contribution in [2.75, 3.05) is 17.7 Å². The Balaban J connectivity index is 2.27. The van der Waals surface area contributed by atoms with Crippen molar-refractivity contribution in [1.29, 1.82) is 0 Å². The lowest BCUT2D eigenvalue weighted by molar-refractivity contribution is -0.141. The van der Waals surface area contributed by atoms with E-state index < -0.39 is 17.8 Å². The summed E-state index contributed by atoms with van der Waals surface area (Å²) in [5.41, 5.74) is 5.84. The van der Waals surface area contributed by atoms with E-state index in [-0.39, 0.29) is 5.82 Å². The van der Waals surface area contributed by atoms with Gasteiger partial charge in [0.15, 0.2) is 5.69 Å². The summed E-state index contributed by atoms with van der Waals surface area (Å²) in [7, 11) is 1.62. The van der Waals surface area contributed by atoms with Gasteiger partial charge in [0, 0.05) is 18.8 Å². The van der Waals surface area contributed by atoms with Gasteiger partial charge in [-0.1, -0.05) is 6.07 Å². The summed E-state index contributed by atoms with van der Waals surface area (Å²) < 4.78 is 38.1. The highest BCUT2D eigenvalue weighted by Gasteiger charge is 2.33. The first-order valence-corrected chi connectivity index (χ1v) is 6.11. The average Bonchev–Trinajstić information content (AvgIpc) is 2.37. The molecule has 112 valence electrons. The molecule has 0 aliphatic carbocycles. The van der Waals surface area contributed by atoms with Crippen molar-refractivity contribution < 1.29 is 13.2 Å². The van der Waals surface area contributed by atoms with Crippen molar-refractivity contribution in [2.45, 2.75) is 19.6 Å². The first kappa shape index (κ1) is 15.0. The molecule has 0 spiro atoms. The molecule has 0 bridgehead atoms. The monoisotopic (exact) mass is 297 g/mol. The number of aromatic nitrogens is 3. The van der Waals surface area contributed by atoms with E-state index in [1.807, 2.05) is 19.1 Å². The van der Waals surface area contributed by atoms with Crippen LogP contribution >= 0.6 is 0 Å².